The summed E-state index contributed by atoms with van der Waals surface area (Å²) in [4.78, 5) is 23.9. The molecule has 0 aromatic heterocycles. The van der Waals surface area contributed by atoms with Gasteiger partial charge in [0.2, 0.25) is 10.0 Å². The van der Waals surface area contributed by atoms with E-state index in [1.807, 2.05) is 0 Å². The van der Waals surface area contributed by atoms with E-state index in [1.165, 1.54) is 29.2 Å². The zero-order valence-corrected chi connectivity index (χ0v) is 11.8. The van der Waals surface area contributed by atoms with Crippen LogP contribution < -0.4 is 10.5 Å². The highest BCUT2D eigenvalue weighted by Crippen LogP contribution is 2.27. The number of sulfonamides is 1. The van der Waals surface area contributed by atoms with Crippen LogP contribution in [-0.4, -0.2) is 43.0 Å². The Morgan fingerprint density at radius 3 is 2.57 bits per heavy atom. The number of hydrogen-bond donors (Lipinski definition) is 3. The quantitative estimate of drug-likeness (QED) is 0.725. The van der Waals surface area contributed by atoms with Crippen molar-refractivity contribution in [2.75, 3.05) is 11.9 Å². The third-order valence-corrected chi connectivity index (χ3v) is 3.88. The van der Waals surface area contributed by atoms with Crippen molar-refractivity contribution in [2.45, 2.75) is 23.8 Å². The standard InChI is InChI=1S/C12H15N3O5S/c13-21(19,20)10-3-1-2-8(6-10)14-12(18)15(7-11(16)17)9-4-5-9/h1-3,6,9H,4-5,7H2,(H,14,18)(H,16,17)(H2,13,19,20). The van der Waals surface area contributed by atoms with Crippen LogP contribution in [0.4, 0.5) is 10.5 Å². The summed E-state index contributed by atoms with van der Waals surface area (Å²) in [7, 11) is -3.86. The first kappa shape index (κ1) is 15.3. The summed E-state index contributed by atoms with van der Waals surface area (Å²) in [5.41, 5.74) is 0.238. The van der Waals surface area contributed by atoms with Crippen molar-refractivity contribution in [3.05, 3.63) is 24.3 Å². The Morgan fingerprint density at radius 1 is 1.38 bits per heavy atom. The van der Waals surface area contributed by atoms with Gasteiger partial charge in [0.25, 0.3) is 0 Å². The lowest BCUT2D eigenvalue weighted by atomic mass is 10.3. The molecule has 8 nitrogen and oxygen atoms in total. The lowest BCUT2D eigenvalue weighted by Gasteiger charge is -2.20. The second-order valence-corrected chi connectivity index (χ2v) is 6.32. The van der Waals surface area contributed by atoms with Crippen LogP contribution in [0.5, 0.6) is 0 Å². The Labute approximate surface area is 121 Å². The van der Waals surface area contributed by atoms with Gasteiger partial charge in [0.15, 0.2) is 0 Å². The molecule has 0 unspecified atom stereocenters. The largest absolute Gasteiger partial charge is 0.480 e. The summed E-state index contributed by atoms with van der Waals surface area (Å²) in [6.07, 6.45) is 1.52. The zero-order chi connectivity index (χ0) is 15.6. The summed E-state index contributed by atoms with van der Waals surface area (Å²) in [5, 5.41) is 16.3. The number of carboxylic acids is 1. The molecule has 1 aliphatic carbocycles. The molecule has 0 saturated heterocycles. The molecule has 21 heavy (non-hydrogen) atoms. The predicted octanol–water partition coefficient (Wildman–Crippen LogP) is 0.415. The van der Waals surface area contributed by atoms with Crippen molar-refractivity contribution in [2.24, 2.45) is 5.14 Å². The molecule has 114 valence electrons. The maximum Gasteiger partial charge on any atom is 0.323 e. The number of carboxylic acid groups (broad SMARTS) is 1. The van der Waals surface area contributed by atoms with E-state index in [4.69, 9.17) is 10.2 Å². The third kappa shape index (κ3) is 4.17. The number of carbonyl (C=O) groups is 2. The van der Waals surface area contributed by atoms with Gasteiger partial charge in [0.05, 0.1) is 4.90 Å². The van der Waals surface area contributed by atoms with E-state index in [-0.39, 0.29) is 16.6 Å². The second-order valence-electron chi connectivity index (χ2n) is 4.76. The molecule has 0 radical (unpaired) electrons. The number of urea groups is 1. The molecule has 2 amide bonds. The van der Waals surface area contributed by atoms with E-state index in [1.54, 1.807) is 0 Å². The molecule has 0 aliphatic heterocycles. The van der Waals surface area contributed by atoms with Crippen LogP contribution in [0.3, 0.4) is 0 Å². The number of carbonyl (C=O) groups excluding carboxylic acids is 1. The molecule has 2 rings (SSSR count). The van der Waals surface area contributed by atoms with E-state index in [0.717, 1.165) is 12.8 Å². The van der Waals surface area contributed by atoms with E-state index in [9.17, 15) is 18.0 Å². The van der Waals surface area contributed by atoms with Gasteiger partial charge in [0, 0.05) is 11.7 Å². The lowest BCUT2D eigenvalue weighted by molar-refractivity contribution is -0.137. The number of nitrogens with zero attached hydrogens (tertiary/aromatic N) is 1. The molecule has 1 fully saturated rings. The summed E-state index contributed by atoms with van der Waals surface area (Å²) < 4.78 is 22.5. The summed E-state index contributed by atoms with van der Waals surface area (Å²) in [6, 6.07) is 4.81. The number of anilines is 1. The molecule has 1 aromatic carbocycles. The molecular weight excluding hydrogens is 298 g/mol. The number of primary sulfonamides is 1. The average molecular weight is 313 g/mol. The lowest BCUT2D eigenvalue weighted by Crippen LogP contribution is -2.40. The van der Waals surface area contributed by atoms with Crippen LogP contribution in [0.25, 0.3) is 0 Å². The maximum atomic E-state index is 12.1. The fourth-order valence-corrected chi connectivity index (χ4v) is 2.40. The number of rotatable bonds is 5. The van der Waals surface area contributed by atoms with E-state index in [2.05, 4.69) is 5.32 Å². The summed E-state index contributed by atoms with van der Waals surface area (Å²) >= 11 is 0. The van der Waals surface area contributed by atoms with Gasteiger partial charge in [-0.2, -0.15) is 0 Å². The molecule has 9 heteroatoms. The van der Waals surface area contributed by atoms with Crippen LogP contribution in [0.1, 0.15) is 12.8 Å². The van der Waals surface area contributed by atoms with Crippen molar-refractivity contribution < 1.29 is 23.1 Å². The Hall–Kier alpha value is -2.13. The van der Waals surface area contributed by atoms with Gasteiger partial charge in [-0.1, -0.05) is 6.07 Å². The van der Waals surface area contributed by atoms with Gasteiger partial charge >= 0.3 is 12.0 Å². The molecule has 0 spiro atoms. The third-order valence-electron chi connectivity index (χ3n) is 2.97. The fourth-order valence-electron chi connectivity index (χ4n) is 1.84. The maximum absolute atomic E-state index is 12.1. The van der Waals surface area contributed by atoms with E-state index < -0.39 is 28.6 Å². The molecule has 0 bridgehead atoms. The normalized spacial score (nSPS) is 14.5. The van der Waals surface area contributed by atoms with Crippen molar-refractivity contribution in [1.29, 1.82) is 0 Å². The number of nitrogens with one attached hydrogen (secondary N) is 1. The van der Waals surface area contributed by atoms with Crippen LogP contribution in [0.15, 0.2) is 29.2 Å². The first-order valence-electron chi connectivity index (χ1n) is 6.19. The monoisotopic (exact) mass is 313 g/mol. The van der Waals surface area contributed by atoms with Crippen LogP contribution in [-0.2, 0) is 14.8 Å². The number of hydrogen-bond acceptors (Lipinski definition) is 4. The highest BCUT2D eigenvalue weighted by molar-refractivity contribution is 7.89. The fraction of sp³-hybridized carbons (Fsp3) is 0.333. The van der Waals surface area contributed by atoms with Crippen molar-refractivity contribution in [3.63, 3.8) is 0 Å². The smallest absolute Gasteiger partial charge is 0.323 e. The minimum Gasteiger partial charge on any atom is -0.480 e. The topological polar surface area (TPSA) is 130 Å². The Balaban J connectivity index is 2.13. The summed E-state index contributed by atoms with van der Waals surface area (Å²) in [6.45, 7) is -0.397. The van der Waals surface area contributed by atoms with Gasteiger partial charge in [0.1, 0.15) is 6.54 Å². The summed E-state index contributed by atoms with van der Waals surface area (Å²) in [5.74, 6) is -1.10. The van der Waals surface area contributed by atoms with Crippen molar-refractivity contribution in [3.8, 4) is 0 Å². The molecule has 1 aliphatic rings. The Bertz CT molecular complexity index is 669. The molecule has 1 saturated carbocycles. The highest BCUT2D eigenvalue weighted by atomic mass is 32.2. The van der Waals surface area contributed by atoms with Gasteiger partial charge in [-0.25, -0.2) is 18.4 Å². The van der Waals surface area contributed by atoms with Crippen LogP contribution in [0, 0.1) is 0 Å². The molecule has 1 aromatic rings. The van der Waals surface area contributed by atoms with Gasteiger partial charge in [-0.3, -0.25) is 4.79 Å². The number of nitrogens with two attached hydrogens (primary N) is 1. The molecule has 4 N–H and O–H groups in total. The number of benzene rings is 1. The van der Waals surface area contributed by atoms with Crippen molar-refractivity contribution >= 4 is 27.7 Å². The molecular formula is C12H15N3O5S. The minimum absolute atomic E-state index is 0.0810. The Morgan fingerprint density at radius 2 is 2.05 bits per heavy atom. The minimum atomic E-state index is -3.86. The van der Waals surface area contributed by atoms with E-state index >= 15 is 0 Å². The molecule has 0 heterocycles. The Kier molecular flexibility index (Phi) is 4.14. The van der Waals surface area contributed by atoms with Gasteiger partial charge in [-0.05, 0) is 31.0 Å². The zero-order valence-electron chi connectivity index (χ0n) is 11.0. The molecule has 0 atom stereocenters. The predicted molar refractivity (Wildman–Crippen MR) is 74.2 cm³/mol. The first-order valence-corrected chi connectivity index (χ1v) is 7.74. The van der Waals surface area contributed by atoms with Crippen LogP contribution >= 0.6 is 0 Å². The van der Waals surface area contributed by atoms with Gasteiger partial charge in [-0.15, -0.1) is 0 Å². The van der Waals surface area contributed by atoms with Gasteiger partial charge < -0.3 is 15.3 Å². The number of aliphatic carboxylic acids is 1. The second kappa shape index (κ2) is 5.70. The average Bonchev–Trinajstić information content (AvgIpc) is 3.19. The van der Waals surface area contributed by atoms with Crippen molar-refractivity contribution in [1.82, 2.24) is 4.90 Å². The van der Waals surface area contributed by atoms with E-state index in [0.29, 0.717) is 0 Å². The van der Waals surface area contributed by atoms with Crippen LogP contribution in [0.2, 0.25) is 0 Å². The number of amides is 2. The SMILES string of the molecule is NS(=O)(=O)c1cccc(NC(=O)N(CC(=O)O)C2CC2)c1. The highest BCUT2D eigenvalue weighted by Gasteiger charge is 2.34. The first-order chi connectivity index (χ1) is 9.77.